The van der Waals surface area contributed by atoms with Crippen molar-refractivity contribution in [3.8, 4) is 0 Å². The highest BCUT2D eigenvalue weighted by atomic mass is 32.2. The molecule has 8 heteroatoms. The molecule has 0 unspecified atom stereocenters. The number of aliphatic imine (C=N–C) groups is 1. The Morgan fingerprint density at radius 2 is 2.17 bits per heavy atom. The Labute approximate surface area is 136 Å². The van der Waals surface area contributed by atoms with Gasteiger partial charge in [-0.2, -0.15) is 4.98 Å². The quantitative estimate of drug-likeness (QED) is 0.733. The van der Waals surface area contributed by atoms with Gasteiger partial charge >= 0.3 is 0 Å². The van der Waals surface area contributed by atoms with Crippen molar-refractivity contribution in [3.05, 3.63) is 54.4 Å². The molecule has 7 nitrogen and oxygen atoms in total. The maximum Gasteiger partial charge on any atom is 0.253 e. The average Bonchev–Trinajstić information content (AvgIpc) is 3.04. The number of rotatable bonds is 4. The lowest BCUT2D eigenvalue weighted by molar-refractivity contribution is 0.0212. The van der Waals surface area contributed by atoms with Gasteiger partial charge in [0, 0.05) is 23.7 Å². The van der Waals surface area contributed by atoms with Crippen LogP contribution >= 0.6 is 11.8 Å². The lowest BCUT2D eigenvalue weighted by Gasteiger charge is -2.22. The molecule has 3 heterocycles. The summed E-state index contributed by atoms with van der Waals surface area (Å²) in [5, 5.41) is 5.04. The zero-order valence-electron chi connectivity index (χ0n) is 12.2. The molecule has 3 aromatic rings. The van der Waals surface area contributed by atoms with E-state index < -0.39 is 0 Å². The zero-order chi connectivity index (χ0) is 15.5. The minimum Gasteiger partial charge on any atom is -0.269 e. The molecule has 2 aromatic heterocycles. The molecule has 0 amide bonds. The van der Waals surface area contributed by atoms with Crippen LogP contribution in [0, 0.1) is 0 Å². The molecular weight excluding hydrogens is 312 g/mol. The number of thioether (sulfide) groups is 1. The van der Waals surface area contributed by atoms with Crippen LogP contribution in [-0.4, -0.2) is 43.8 Å². The first-order valence-electron chi connectivity index (χ1n) is 7.20. The molecule has 1 N–H and O–H groups in total. The van der Waals surface area contributed by atoms with Crippen LogP contribution in [0.2, 0.25) is 0 Å². The SMILES string of the molecule is c1ccc(C2=NC[C@@H](CSc3nc4ncccn4n3)ON2)cc1. The third kappa shape index (κ3) is 3.17. The second-order valence-electron chi connectivity index (χ2n) is 4.97. The number of hydrogen-bond donors (Lipinski definition) is 1. The molecule has 4 rings (SSSR count). The summed E-state index contributed by atoms with van der Waals surface area (Å²) >= 11 is 1.53. The van der Waals surface area contributed by atoms with Crippen molar-refractivity contribution in [2.45, 2.75) is 11.3 Å². The van der Waals surface area contributed by atoms with Crippen LogP contribution in [0.1, 0.15) is 5.56 Å². The van der Waals surface area contributed by atoms with Crippen molar-refractivity contribution in [2.24, 2.45) is 4.99 Å². The van der Waals surface area contributed by atoms with Crippen LogP contribution in [-0.2, 0) is 4.84 Å². The highest BCUT2D eigenvalue weighted by molar-refractivity contribution is 7.99. The van der Waals surface area contributed by atoms with Gasteiger partial charge in [0.25, 0.3) is 5.78 Å². The summed E-state index contributed by atoms with van der Waals surface area (Å²) in [5.41, 5.74) is 3.95. The lowest BCUT2D eigenvalue weighted by Crippen LogP contribution is -2.38. The Balaban J connectivity index is 1.37. The van der Waals surface area contributed by atoms with Crippen LogP contribution in [0.5, 0.6) is 0 Å². The van der Waals surface area contributed by atoms with Crippen LogP contribution in [0.25, 0.3) is 5.78 Å². The van der Waals surface area contributed by atoms with Gasteiger partial charge < -0.3 is 0 Å². The number of benzene rings is 1. The third-order valence-electron chi connectivity index (χ3n) is 3.32. The van der Waals surface area contributed by atoms with Crippen molar-refractivity contribution in [2.75, 3.05) is 12.3 Å². The van der Waals surface area contributed by atoms with Crippen LogP contribution in [0.3, 0.4) is 0 Å². The number of hydroxylamine groups is 1. The highest BCUT2D eigenvalue weighted by Gasteiger charge is 2.18. The first kappa shape index (κ1) is 14.2. The van der Waals surface area contributed by atoms with Gasteiger partial charge in [0.1, 0.15) is 6.10 Å². The van der Waals surface area contributed by atoms with E-state index in [1.165, 1.54) is 11.8 Å². The van der Waals surface area contributed by atoms with Crippen LogP contribution < -0.4 is 5.48 Å². The molecule has 0 saturated heterocycles. The van der Waals surface area contributed by atoms with Crippen LogP contribution in [0.4, 0.5) is 0 Å². The number of aromatic nitrogens is 4. The van der Waals surface area contributed by atoms with Gasteiger partial charge in [-0.3, -0.25) is 9.83 Å². The van der Waals surface area contributed by atoms with Gasteiger partial charge in [-0.1, -0.05) is 42.1 Å². The second-order valence-corrected chi connectivity index (χ2v) is 5.95. The van der Waals surface area contributed by atoms with Gasteiger partial charge in [-0.05, 0) is 6.07 Å². The standard InChI is InChI=1S/C15H14N6OS/c1-2-5-11(6-3-1)13-17-9-12(22-20-13)10-23-15-18-14-16-7-4-8-21(14)19-15/h1-8,12H,9-10H2,(H,17,20)/t12-/m0/s1. The summed E-state index contributed by atoms with van der Waals surface area (Å²) < 4.78 is 1.66. The monoisotopic (exact) mass is 326 g/mol. The number of nitrogens with zero attached hydrogens (tertiary/aromatic N) is 5. The van der Waals surface area contributed by atoms with E-state index in [-0.39, 0.29) is 6.10 Å². The van der Waals surface area contributed by atoms with Gasteiger partial charge in [-0.15, -0.1) is 5.10 Å². The van der Waals surface area contributed by atoms with Crippen LogP contribution in [0.15, 0.2) is 58.9 Å². The van der Waals surface area contributed by atoms with Crippen molar-refractivity contribution < 1.29 is 4.84 Å². The highest BCUT2D eigenvalue weighted by Crippen LogP contribution is 2.17. The number of amidine groups is 1. The molecule has 0 fully saturated rings. The molecule has 23 heavy (non-hydrogen) atoms. The van der Waals surface area contributed by atoms with Gasteiger partial charge in [0.2, 0.25) is 5.16 Å². The summed E-state index contributed by atoms with van der Waals surface area (Å²) in [6.07, 6.45) is 3.51. The predicted octanol–water partition coefficient (Wildman–Crippen LogP) is 1.57. The molecule has 0 spiro atoms. The van der Waals surface area contributed by atoms with E-state index in [1.807, 2.05) is 42.6 Å². The average molecular weight is 326 g/mol. The van der Waals surface area contributed by atoms with Crippen molar-refractivity contribution >= 4 is 23.4 Å². The van der Waals surface area contributed by atoms with E-state index in [1.54, 1.807) is 10.7 Å². The Hall–Kier alpha value is -2.45. The van der Waals surface area contributed by atoms with E-state index in [0.29, 0.717) is 17.5 Å². The first-order valence-corrected chi connectivity index (χ1v) is 8.19. The number of nitrogens with one attached hydrogen (secondary N) is 1. The van der Waals surface area contributed by atoms with Crippen molar-refractivity contribution in [3.63, 3.8) is 0 Å². The van der Waals surface area contributed by atoms with Gasteiger partial charge in [0.05, 0.1) is 6.54 Å². The summed E-state index contributed by atoms with van der Waals surface area (Å²) in [7, 11) is 0. The molecule has 116 valence electrons. The summed E-state index contributed by atoms with van der Waals surface area (Å²) in [6.45, 7) is 0.607. The normalized spacial score (nSPS) is 17.7. The Morgan fingerprint density at radius 3 is 2.96 bits per heavy atom. The van der Waals surface area contributed by atoms with Gasteiger partial charge in [-0.25, -0.2) is 15.0 Å². The van der Waals surface area contributed by atoms with E-state index in [0.717, 1.165) is 17.2 Å². The fourth-order valence-electron chi connectivity index (χ4n) is 2.18. The third-order valence-corrected chi connectivity index (χ3v) is 4.29. The smallest absolute Gasteiger partial charge is 0.253 e. The fourth-order valence-corrected chi connectivity index (χ4v) is 2.98. The molecule has 1 aliphatic rings. The maximum absolute atomic E-state index is 5.66. The van der Waals surface area contributed by atoms with E-state index in [2.05, 4.69) is 25.5 Å². The number of hydrogen-bond acceptors (Lipinski definition) is 7. The Bertz CT molecular complexity index is 801. The molecule has 1 atom stereocenters. The molecule has 1 aromatic carbocycles. The van der Waals surface area contributed by atoms with E-state index >= 15 is 0 Å². The van der Waals surface area contributed by atoms with Crippen molar-refractivity contribution in [1.82, 2.24) is 25.1 Å². The summed E-state index contributed by atoms with van der Waals surface area (Å²) in [4.78, 5) is 18.7. The predicted molar refractivity (Wildman–Crippen MR) is 87.4 cm³/mol. The minimum atomic E-state index is -0.0213. The van der Waals surface area contributed by atoms with Crippen molar-refractivity contribution in [1.29, 1.82) is 0 Å². The number of fused-ring (bicyclic) bond motifs is 1. The molecule has 0 saturated carbocycles. The minimum absolute atomic E-state index is 0.0213. The maximum atomic E-state index is 5.66. The fraction of sp³-hybridized carbons (Fsp3) is 0.200. The molecular formula is C15H14N6OS. The molecule has 0 bridgehead atoms. The molecule has 0 radical (unpaired) electrons. The van der Waals surface area contributed by atoms with E-state index in [4.69, 9.17) is 4.84 Å². The largest absolute Gasteiger partial charge is 0.269 e. The van der Waals surface area contributed by atoms with Gasteiger partial charge in [0.15, 0.2) is 5.84 Å². The Morgan fingerprint density at radius 1 is 1.26 bits per heavy atom. The summed E-state index contributed by atoms with van der Waals surface area (Å²) in [6, 6.07) is 11.7. The molecule has 0 aliphatic carbocycles. The zero-order valence-corrected chi connectivity index (χ0v) is 13.0. The summed E-state index contributed by atoms with van der Waals surface area (Å²) in [5.74, 6) is 2.08. The topological polar surface area (TPSA) is 76.7 Å². The first-order chi connectivity index (χ1) is 11.4. The Kier molecular flexibility index (Phi) is 3.91. The second kappa shape index (κ2) is 6.35. The lowest BCUT2D eigenvalue weighted by atomic mass is 10.2. The van der Waals surface area contributed by atoms with E-state index in [9.17, 15) is 0 Å². The molecule has 1 aliphatic heterocycles.